The summed E-state index contributed by atoms with van der Waals surface area (Å²) in [5.41, 5.74) is 6.56. The van der Waals surface area contributed by atoms with Gasteiger partial charge in [-0.3, -0.25) is 9.58 Å². The van der Waals surface area contributed by atoms with E-state index in [1.807, 2.05) is 22.2 Å². The number of rotatable bonds is 7. The fourth-order valence-corrected chi connectivity index (χ4v) is 2.95. The van der Waals surface area contributed by atoms with E-state index < -0.39 is 0 Å². The Morgan fingerprint density at radius 1 is 1.42 bits per heavy atom. The van der Waals surface area contributed by atoms with Crippen molar-refractivity contribution < 1.29 is 0 Å². The molecule has 1 aliphatic rings. The molecular formula is C13H19N5S. The summed E-state index contributed by atoms with van der Waals surface area (Å²) in [4.78, 5) is 3.92. The van der Waals surface area contributed by atoms with Crippen molar-refractivity contribution >= 4 is 11.3 Å². The van der Waals surface area contributed by atoms with Gasteiger partial charge >= 0.3 is 0 Å². The summed E-state index contributed by atoms with van der Waals surface area (Å²) in [5, 5.41) is 10.5. The molecule has 0 atom stereocenters. The summed E-state index contributed by atoms with van der Waals surface area (Å²) >= 11 is 1.82. The second-order valence-electron chi connectivity index (χ2n) is 4.98. The molecule has 0 aliphatic heterocycles. The highest BCUT2D eigenvalue weighted by atomic mass is 32.1. The normalized spacial score (nSPS) is 15.3. The van der Waals surface area contributed by atoms with Gasteiger partial charge in [-0.25, -0.2) is 0 Å². The molecule has 19 heavy (non-hydrogen) atoms. The minimum atomic E-state index is 0.602. The molecule has 2 heterocycles. The molecule has 0 saturated heterocycles. The average molecular weight is 277 g/mol. The standard InChI is InChI=1S/C13H19N5S/c14-5-6-18-9-11(15-16-18)8-17(12-3-4-12)10-13-2-1-7-19-13/h1-2,7,9,12H,3-6,8,10,14H2. The minimum Gasteiger partial charge on any atom is -0.329 e. The molecule has 1 aliphatic carbocycles. The molecule has 2 aromatic rings. The van der Waals surface area contributed by atoms with E-state index in [-0.39, 0.29) is 0 Å². The van der Waals surface area contributed by atoms with Crippen molar-refractivity contribution in [3.63, 3.8) is 0 Å². The van der Waals surface area contributed by atoms with Gasteiger partial charge in [-0.15, -0.1) is 16.4 Å². The molecule has 2 aromatic heterocycles. The van der Waals surface area contributed by atoms with Crippen molar-refractivity contribution in [3.05, 3.63) is 34.3 Å². The highest BCUT2D eigenvalue weighted by Gasteiger charge is 2.29. The topological polar surface area (TPSA) is 60.0 Å². The van der Waals surface area contributed by atoms with Gasteiger partial charge in [-0.2, -0.15) is 0 Å². The highest BCUT2D eigenvalue weighted by Crippen LogP contribution is 2.30. The number of aromatic nitrogens is 3. The van der Waals surface area contributed by atoms with Gasteiger partial charge in [0.05, 0.1) is 12.2 Å². The Balaban J connectivity index is 1.63. The van der Waals surface area contributed by atoms with E-state index in [9.17, 15) is 0 Å². The van der Waals surface area contributed by atoms with Crippen molar-refractivity contribution in [3.8, 4) is 0 Å². The zero-order chi connectivity index (χ0) is 13.1. The summed E-state index contributed by atoms with van der Waals surface area (Å²) in [6.45, 7) is 3.24. The van der Waals surface area contributed by atoms with Crippen LogP contribution in [0.1, 0.15) is 23.4 Å². The fourth-order valence-electron chi connectivity index (χ4n) is 2.22. The van der Waals surface area contributed by atoms with Crippen molar-refractivity contribution in [1.29, 1.82) is 0 Å². The Morgan fingerprint density at radius 3 is 3.00 bits per heavy atom. The SMILES string of the molecule is NCCn1cc(CN(Cc2cccs2)C2CC2)nn1. The third kappa shape index (κ3) is 3.40. The lowest BCUT2D eigenvalue weighted by atomic mass is 10.3. The number of hydrogen-bond donors (Lipinski definition) is 1. The predicted octanol–water partition coefficient (Wildman–Crippen LogP) is 1.46. The van der Waals surface area contributed by atoms with Crippen molar-refractivity contribution in [2.24, 2.45) is 5.73 Å². The van der Waals surface area contributed by atoms with Gasteiger partial charge in [-0.1, -0.05) is 11.3 Å². The van der Waals surface area contributed by atoms with E-state index in [1.165, 1.54) is 17.7 Å². The molecule has 3 rings (SSSR count). The van der Waals surface area contributed by atoms with Gasteiger partial charge in [0.25, 0.3) is 0 Å². The summed E-state index contributed by atoms with van der Waals surface area (Å²) < 4.78 is 1.82. The highest BCUT2D eigenvalue weighted by molar-refractivity contribution is 7.09. The summed E-state index contributed by atoms with van der Waals surface area (Å²) in [6, 6.07) is 5.04. The number of hydrogen-bond acceptors (Lipinski definition) is 5. The van der Waals surface area contributed by atoms with Crippen LogP contribution in [-0.4, -0.2) is 32.5 Å². The van der Waals surface area contributed by atoms with Crippen LogP contribution < -0.4 is 5.73 Å². The van der Waals surface area contributed by atoms with Gasteiger partial charge < -0.3 is 5.73 Å². The van der Waals surface area contributed by atoms with Crippen LogP contribution in [0.4, 0.5) is 0 Å². The summed E-state index contributed by atoms with van der Waals surface area (Å²) in [6.07, 6.45) is 4.63. The third-order valence-electron chi connectivity index (χ3n) is 3.31. The maximum atomic E-state index is 5.52. The van der Waals surface area contributed by atoms with Crippen LogP contribution in [0.3, 0.4) is 0 Å². The third-order valence-corrected chi connectivity index (χ3v) is 4.17. The first-order chi connectivity index (χ1) is 9.35. The molecule has 2 N–H and O–H groups in total. The minimum absolute atomic E-state index is 0.602. The molecule has 1 fully saturated rings. The Labute approximate surface area is 117 Å². The maximum Gasteiger partial charge on any atom is 0.0967 e. The first kappa shape index (κ1) is 12.8. The molecule has 6 heteroatoms. The Morgan fingerprint density at radius 2 is 2.32 bits per heavy atom. The molecule has 102 valence electrons. The Hall–Kier alpha value is -1.24. The quantitative estimate of drug-likeness (QED) is 0.832. The van der Waals surface area contributed by atoms with Gasteiger partial charge in [0, 0.05) is 36.8 Å². The molecule has 0 radical (unpaired) electrons. The van der Waals surface area contributed by atoms with Crippen molar-refractivity contribution in [1.82, 2.24) is 19.9 Å². The monoisotopic (exact) mass is 277 g/mol. The van der Waals surface area contributed by atoms with E-state index in [0.717, 1.165) is 31.4 Å². The average Bonchev–Trinajstić information content (AvgIpc) is 2.95. The van der Waals surface area contributed by atoms with E-state index in [4.69, 9.17) is 5.73 Å². The molecular weight excluding hydrogens is 258 g/mol. The first-order valence-electron chi connectivity index (χ1n) is 6.70. The molecule has 0 bridgehead atoms. The number of nitrogens with zero attached hydrogens (tertiary/aromatic N) is 4. The second kappa shape index (κ2) is 5.81. The van der Waals surface area contributed by atoms with Crippen molar-refractivity contribution in [2.45, 2.75) is 38.5 Å². The Bertz CT molecular complexity index is 503. The zero-order valence-corrected chi connectivity index (χ0v) is 11.7. The molecule has 0 spiro atoms. The van der Waals surface area contributed by atoms with Crippen LogP contribution in [0.5, 0.6) is 0 Å². The second-order valence-corrected chi connectivity index (χ2v) is 6.01. The molecule has 0 unspecified atom stereocenters. The lowest BCUT2D eigenvalue weighted by molar-refractivity contribution is 0.245. The largest absolute Gasteiger partial charge is 0.329 e. The molecule has 1 saturated carbocycles. The molecule has 0 amide bonds. The lowest BCUT2D eigenvalue weighted by Gasteiger charge is -2.19. The van der Waals surface area contributed by atoms with E-state index in [1.54, 1.807) is 0 Å². The van der Waals surface area contributed by atoms with Crippen LogP contribution in [0.15, 0.2) is 23.7 Å². The van der Waals surface area contributed by atoms with Gasteiger partial charge in [0.15, 0.2) is 0 Å². The summed E-state index contributed by atoms with van der Waals surface area (Å²) in [7, 11) is 0. The number of thiophene rings is 1. The van der Waals surface area contributed by atoms with Gasteiger partial charge in [0.2, 0.25) is 0 Å². The zero-order valence-electron chi connectivity index (χ0n) is 10.9. The smallest absolute Gasteiger partial charge is 0.0967 e. The van der Waals surface area contributed by atoms with Gasteiger partial charge in [0.1, 0.15) is 0 Å². The van der Waals surface area contributed by atoms with Gasteiger partial charge in [-0.05, 0) is 24.3 Å². The van der Waals surface area contributed by atoms with E-state index in [2.05, 4.69) is 32.7 Å². The van der Waals surface area contributed by atoms with E-state index >= 15 is 0 Å². The van der Waals surface area contributed by atoms with Crippen molar-refractivity contribution in [2.75, 3.05) is 6.54 Å². The van der Waals surface area contributed by atoms with Crippen LogP contribution in [-0.2, 0) is 19.6 Å². The molecule has 5 nitrogen and oxygen atoms in total. The fraction of sp³-hybridized carbons (Fsp3) is 0.538. The van der Waals surface area contributed by atoms with Crippen LogP contribution in [0, 0.1) is 0 Å². The van der Waals surface area contributed by atoms with Crippen LogP contribution >= 0.6 is 11.3 Å². The number of nitrogens with two attached hydrogens (primary N) is 1. The Kier molecular flexibility index (Phi) is 3.91. The molecule has 0 aromatic carbocycles. The first-order valence-corrected chi connectivity index (χ1v) is 7.58. The maximum absolute atomic E-state index is 5.52. The van der Waals surface area contributed by atoms with E-state index in [0.29, 0.717) is 6.54 Å². The predicted molar refractivity (Wildman–Crippen MR) is 75.7 cm³/mol. The lowest BCUT2D eigenvalue weighted by Crippen LogP contribution is -2.24. The van der Waals surface area contributed by atoms with Crippen LogP contribution in [0.2, 0.25) is 0 Å². The van der Waals surface area contributed by atoms with Crippen LogP contribution in [0.25, 0.3) is 0 Å². The summed E-state index contributed by atoms with van der Waals surface area (Å²) in [5.74, 6) is 0.